The van der Waals surface area contributed by atoms with E-state index in [2.05, 4.69) is 10.6 Å². The van der Waals surface area contributed by atoms with E-state index in [9.17, 15) is 19.2 Å². The number of nitrogens with one attached hydrogen (secondary N) is 2. The molecular weight excluding hydrogens is 376 g/mol. The van der Waals surface area contributed by atoms with Crippen LogP contribution in [0.4, 0.5) is 4.79 Å². The molecule has 10 nitrogen and oxygen atoms in total. The van der Waals surface area contributed by atoms with Crippen molar-refractivity contribution < 1.29 is 19.2 Å². The molecule has 29 heavy (non-hydrogen) atoms. The molecule has 1 aliphatic heterocycles. The van der Waals surface area contributed by atoms with Crippen LogP contribution in [0.15, 0.2) is 23.5 Å². The number of hydrogen-bond acceptors (Lipinski definition) is 6. The summed E-state index contributed by atoms with van der Waals surface area (Å²) in [7, 11) is 0. The number of carbonyl (C=O) groups is 4. The molecule has 0 atom stereocenters. The van der Waals surface area contributed by atoms with Crippen LogP contribution in [0.25, 0.3) is 0 Å². The summed E-state index contributed by atoms with van der Waals surface area (Å²) in [6.07, 6.45) is 3.51. The van der Waals surface area contributed by atoms with Crippen LogP contribution in [-0.2, 0) is 14.4 Å². The molecule has 0 aliphatic carbocycles. The molecule has 1 aliphatic rings. The van der Waals surface area contributed by atoms with Crippen molar-refractivity contribution in [3.63, 3.8) is 0 Å². The number of nitrogens with two attached hydrogens (primary N) is 2. The smallest absolute Gasteiger partial charge is 0.327 e. The van der Waals surface area contributed by atoms with Crippen molar-refractivity contribution in [2.45, 2.75) is 46.1 Å². The highest BCUT2D eigenvalue weighted by Crippen LogP contribution is 2.27. The van der Waals surface area contributed by atoms with Gasteiger partial charge in [0.15, 0.2) is 0 Å². The van der Waals surface area contributed by atoms with Gasteiger partial charge in [-0.1, -0.05) is 0 Å². The Bertz CT molecular complexity index is 705. The Hall–Kier alpha value is -3.04. The Labute approximate surface area is 171 Å². The van der Waals surface area contributed by atoms with E-state index in [-0.39, 0.29) is 30.3 Å². The van der Waals surface area contributed by atoms with Crippen molar-refractivity contribution in [1.29, 1.82) is 0 Å². The van der Waals surface area contributed by atoms with Crippen LogP contribution < -0.4 is 22.1 Å². The van der Waals surface area contributed by atoms with Crippen LogP contribution in [0, 0.1) is 0 Å². The maximum Gasteiger partial charge on any atom is 0.327 e. The third-order valence-corrected chi connectivity index (χ3v) is 4.34. The molecule has 10 heteroatoms. The van der Waals surface area contributed by atoms with Crippen molar-refractivity contribution in [3.8, 4) is 0 Å². The van der Waals surface area contributed by atoms with Crippen molar-refractivity contribution in [1.82, 2.24) is 20.4 Å². The number of allylic oxidation sites excluding steroid dienone is 2. The van der Waals surface area contributed by atoms with E-state index in [1.54, 1.807) is 27.7 Å². The first-order chi connectivity index (χ1) is 13.5. The Morgan fingerprint density at radius 1 is 0.931 bits per heavy atom. The molecule has 0 bridgehead atoms. The number of nitrogens with zero attached hydrogens (tertiary/aromatic N) is 2. The molecule has 0 aromatic carbocycles. The second-order valence-corrected chi connectivity index (χ2v) is 7.52. The third kappa shape index (κ3) is 7.13. The van der Waals surface area contributed by atoms with E-state index in [0.717, 1.165) is 0 Å². The van der Waals surface area contributed by atoms with Gasteiger partial charge >= 0.3 is 6.03 Å². The fraction of sp³-hybridized carbons (Fsp3) is 0.579. The molecule has 6 N–H and O–H groups in total. The van der Waals surface area contributed by atoms with Crippen molar-refractivity contribution in [2.75, 3.05) is 26.2 Å². The molecular formula is C19H32N6O4. The minimum atomic E-state index is -0.961. The molecule has 0 aromatic rings. The summed E-state index contributed by atoms with van der Waals surface area (Å²) in [4.78, 5) is 51.1. The number of imide groups is 1. The standard InChI is InChI=1S/C19H32N6O4/c1-13(20)11-15(26)22-7-5-9-24-17(28)19(3,4)25(18(24)29)10-6-8-23-16(27)12-14(2)21/h11-12H,5-10,20-21H2,1-4H3,(H,22,26)(H,23,27)/b13-11-,14-12-. The van der Waals surface area contributed by atoms with Gasteiger partial charge in [-0.15, -0.1) is 0 Å². The fourth-order valence-corrected chi connectivity index (χ4v) is 2.90. The number of carbonyl (C=O) groups excluding carboxylic acids is 4. The molecule has 1 saturated heterocycles. The van der Waals surface area contributed by atoms with Crippen LogP contribution in [0.5, 0.6) is 0 Å². The van der Waals surface area contributed by atoms with Gasteiger partial charge in [0.25, 0.3) is 5.91 Å². The lowest BCUT2D eigenvalue weighted by molar-refractivity contribution is -0.132. The van der Waals surface area contributed by atoms with Crippen molar-refractivity contribution >= 4 is 23.8 Å². The quantitative estimate of drug-likeness (QED) is 0.223. The van der Waals surface area contributed by atoms with E-state index in [1.165, 1.54) is 22.0 Å². The lowest BCUT2D eigenvalue weighted by atomic mass is 10.0. The van der Waals surface area contributed by atoms with Gasteiger partial charge in [0.1, 0.15) is 5.54 Å². The van der Waals surface area contributed by atoms with Crippen LogP contribution in [-0.4, -0.2) is 65.3 Å². The number of rotatable bonds is 10. The highest BCUT2D eigenvalue weighted by molar-refractivity contribution is 6.06. The van der Waals surface area contributed by atoms with Crippen LogP contribution in [0.2, 0.25) is 0 Å². The summed E-state index contributed by atoms with van der Waals surface area (Å²) >= 11 is 0. The van der Waals surface area contributed by atoms with E-state index < -0.39 is 5.54 Å². The topological polar surface area (TPSA) is 151 Å². The van der Waals surface area contributed by atoms with Gasteiger partial charge in [-0.25, -0.2) is 4.79 Å². The van der Waals surface area contributed by atoms with E-state index in [1.807, 2.05) is 0 Å². The molecule has 0 spiro atoms. The maximum absolute atomic E-state index is 12.7. The molecule has 0 radical (unpaired) electrons. The molecule has 5 amide bonds. The van der Waals surface area contributed by atoms with E-state index >= 15 is 0 Å². The Morgan fingerprint density at radius 3 is 1.83 bits per heavy atom. The highest BCUT2D eigenvalue weighted by atomic mass is 16.2. The summed E-state index contributed by atoms with van der Waals surface area (Å²) in [6.45, 7) is 7.84. The minimum absolute atomic E-state index is 0.209. The molecule has 1 heterocycles. The number of amides is 5. The first-order valence-corrected chi connectivity index (χ1v) is 9.53. The zero-order valence-electron chi connectivity index (χ0n) is 17.6. The minimum Gasteiger partial charge on any atom is -0.402 e. The SMILES string of the molecule is C/C(N)=C/C(=O)NCCCN1C(=O)N(CCCNC(=O)/C=C(/C)N)C(C)(C)C1=O. The maximum atomic E-state index is 12.7. The molecule has 1 fully saturated rings. The van der Waals surface area contributed by atoms with Gasteiger partial charge in [0.2, 0.25) is 11.8 Å². The second kappa shape index (κ2) is 10.5. The third-order valence-electron chi connectivity index (χ3n) is 4.34. The normalized spacial score (nSPS) is 17.0. The van der Waals surface area contributed by atoms with Gasteiger partial charge in [-0.3, -0.25) is 19.3 Å². The summed E-state index contributed by atoms with van der Waals surface area (Å²) in [5, 5.41) is 5.34. The predicted octanol–water partition coefficient (Wildman–Crippen LogP) is -0.233. The van der Waals surface area contributed by atoms with Crippen LogP contribution in [0.1, 0.15) is 40.5 Å². The first kappa shape index (κ1) is 24.0. The predicted molar refractivity (Wildman–Crippen MR) is 109 cm³/mol. The molecule has 0 unspecified atom stereocenters. The molecule has 0 saturated carbocycles. The van der Waals surface area contributed by atoms with E-state index in [0.29, 0.717) is 43.9 Å². The Balaban J connectivity index is 2.52. The van der Waals surface area contributed by atoms with Crippen molar-refractivity contribution in [3.05, 3.63) is 23.5 Å². The van der Waals surface area contributed by atoms with Gasteiger partial charge in [0.05, 0.1) is 0 Å². The average Bonchev–Trinajstić information content (AvgIpc) is 2.74. The zero-order chi connectivity index (χ0) is 22.2. The van der Waals surface area contributed by atoms with Gasteiger partial charge in [0, 0.05) is 49.7 Å². The summed E-state index contributed by atoms with van der Waals surface area (Å²) < 4.78 is 0. The lowest BCUT2D eigenvalue weighted by Crippen LogP contribution is -2.45. The molecule has 0 aromatic heterocycles. The summed E-state index contributed by atoms with van der Waals surface area (Å²) in [5.74, 6) is -0.888. The Morgan fingerprint density at radius 2 is 1.38 bits per heavy atom. The zero-order valence-corrected chi connectivity index (χ0v) is 17.6. The Kier molecular flexibility index (Phi) is 8.68. The van der Waals surface area contributed by atoms with Gasteiger partial charge in [-0.05, 0) is 40.5 Å². The average molecular weight is 409 g/mol. The summed E-state index contributed by atoms with van der Waals surface area (Å²) in [5.41, 5.74) is 10.7. The molecule has 1 rings (SSSR count). The van der Waals surface area contributed by atoms with E-state index in [4.69, 9.17) is 11.5 Å². The summed E-state index contributed by atoms with van der Waals surface area (Å²) in [6, 6.07) is -0.368. The fourth-order valence-electron chi connectivity index (χ4n) is 2.90. The van der Waals surface area contributed by atoms with Crippen LogP contribution in [0.3, 0.4) is 0 Å². The lowest BCUT2D eigenvalue weighted by Gasteiger charge is -2.27. The largest absolute Gasteiger partial charge is 0.402 e. The van der Waals surface area contributed by atoms with Crippen LogP contribution >= 0.6 is 0 Å². The first-order valence-electron chi connectivity index (χ1n) is 9.53. The van der Waals surface area contributed by atoms with Gasteiger partial charge < -0.3 is 27.0 Å². The van der Waals surface area contributed by atoms with Crippen molar-refractivity contribution in [2.24, 2.45) is 11.5 Å². The molecule has 162 valence electrons. The highest BCUT2D eigenvalue weighted by Gasteiger charge is 2.50. The van der Waals surface area contributed by atoms with Gasteiger partial charge in [-0.2, -0.15) is 0 Å². The number of hydrogen-bond donors (Lipinski definition) is 4. The second-order valence-electron chi connectivity index (χ2n) is 7.52. The monoisotopic (exact) mass is 408 g/mol. The number of urea groups is 1.